The van der Waals surface area contributed by atoms with Crippen molar-refractivity contribution in [3.8, 4) is 0 Å². The van der Waals surface area contributed by atoms with Crippen molar-refractivity contribution in [2.75, 3.05) is 12.3 Å². The van der Waals surface area contributed by atoms with Crippen molar-refractivity contribution in [3.63, 3.8) is 0 Å². The van der Waals surface area contributed by atoms with Crippen LogP contribution in [0.2, 0.25) is 0 Å². The molecule has 19 heavy (non-hydrogen) atoms. The van der Waals surface area contributed by atoms with Gasteiger partial charge in [-0.15, -0.1) is 0 Å². The van der Waals surface area contributed by atoms with Crippen molar-refractivity contribution < 1.29 is 24.6 Å². The highest BCUT2D eigenvalue weighted by atomic mass is 32.2. The normalized spacial score (nSPS) is 12.6. The summed E-state index contributed by atoms with van der Waals surface area (Å²) < 4.78 is 3.74. The third kappa shape index (κ3) is 9.71. The number of nitrogens with zero attached hydrogens (tertiary/aromatic N) is 1. The smallest absolute Gasteiger partial charge is 0.327 e. The first-order valence-corrected chi connectivity index (χ1v) is 6.18. The van der Waals surface area contributed by atoms with Crippen LogP contribution in [0.1, 0.15) is 13.3 Å². The zero-order valence-corrected chi connectivity index (χ0v) is 11.1. The van der Waals surface area contributed by atoms with Crippen LogP contribution in [0.3, 0.4) is 0 Å². The molecular weight excluding hydrogens is 276 g/mol. The van der Waals surface area contributed by atoms with Crippen LogP contribution in [0.15, 0.2) is 4.40 Å². The van der Waals surface area contributed by atoms with Crippen molar-refractivity contribution in [2.45, 2.75) is 19.4 Å². The molecular formula is C9H16N4O5S. The summed E-state index contributed by atoms with van der Waals surface area (Å²) in [6.07, 6.45) is -0.107. The lowest BCUT2D eigenvalue weighted by atomic mass is 10.3. The molecule has 0 spiro atoms. The van der Waals surface area contributed by atoms with E-state index in [0.29, 0.717) is 0 Å². The highest BCUT2D eigenvalue weighted by molar-refractivity contribution is 7.98. The molecule has 0 aromatic heterocycles. The summed E-state index contributed by atoms with van der Waals surface area (Å²) in [5, 5.41) is 22.0. The van der Waals surface area contributed by atoms with E-state index < -0.39 is 23.9 Å². The standard InChI is InChI=1S/C9H16N4O5S/c1-5(14)12-6(8(17)18)4-19-13-9(10)11-3-2-7(15)16/h6H,2-4H2,1H3,(H,12,14)(H,15,16)(H,17,18)(H3,10,11,13)/t6-/m1/s1. The van der Waals surface area contributed by atoms with Gasteiger partial charge in [0.1, 0.15) is 6.04 Å². The van der Waals surface area contributed by atoms with E-state index >= 15 is 0 Å². The number of hydrogen-bond acceptors (Lipinski definition) is 5. The van der Waals surface area contributed by atoms with E-state index in [2.05, 4.69) is 15.0 Å². The number of nitrogens with two attached hydrogens (primary N) is 1. The molecule has 0 radical (unpaired) electrons. The molecule has 0 aliphatic carbocycles. The molecule has 0 aliphatic rings. The van der Waals surface area contributed by atoms with Gasteiger partial charge in [0, 0.05) is 19.2 Å². The Labute approximate surface area is 113 Å². The van der Waals surface area contributed by atoms with E-state index in [1.54, 1.807) is 0 Å². The number of nitrogens with one attached hydrogen (secondary N) is 2. The fourth-order valence-corrected chi connectivity index (χ4v) is 1.58. The largest absolute Gasteiger partial charge is 0.481 e. The Bertz CT molecular complexity index is 374. The van der Waals surface area contributed by atoms with Crippen molar-refractivity contribution >= 4 is 35.8 Å². The van der Waals surface area contributed by atoms with Gasteiger partial charge in [0.2, 0.25) is 5.91 Å². The van der Waals surface area contributed by atoms with Crippen LogP contribution >= 0.6 is 11.9 Å². The first-order valence-electron chi connectivity index (χ1n) is 5.24. The fourth-order valence-electron chi connectivity index (χ4n) is 0.931. The SMILES string of the molecule is CC(=O)N[C@H](CSN=C(N)NCCC(=O)O)C(=O)O. The summed E-state index contributed by atoms with van der Waals surface area (Å²) in [7, 11) is 0. The average Bonchev–Trinajstić information content (AvgIpc) is 2.26. The van der Waals surface area contributed by atoms with Crippen molar-refractivity contribution in [3.05, 3.63) is 0 Å². The number of carbonyl (C=O) groups excluding carboxylic acids is 1. The first kappa shape index (κ1) is 17.0. The molecule has 0 bridgehead atoms. The van der Waals surface area contributed by atoms with Gasteiger partial charge in [-0.3, -0.25) is 9.59 Å². The molecule has 1 amide bonds. The monoisotopic (exact) mass is 292 g/mol. The van der Waals surface area contributed by atoms with Gasteiger partial charge in [-0.25, -0.2) is 4.79 Å². The molecule has 0 aromatic rings. The van der Waals surface area contributed by atoms with Gasteiger partial charge in [-0.2, -0.15) is 4.40 Å². The lowest BCUT2D eigenvalue weighted by molar-refractivity contribution is -0.140. The van der Waals surface area contributed by atoms with Gasteiger partial charge in [0.05, 0.1) is 6.42 Å². The van der Waals surface area contributed by atoms with Gasteiger partial charge >= 0.3 is 11.9 Å². The van der Waals surface area contributed by atoms with Gasteiger partial charge in [-0.05, 0) is 11.9 Å². The topological polar surface area (TPSA) is 154 Å². The molecule has 0 aliphatic heterocycles. The molecule has 1 atom stereocenters. The number of carboxylic acid groups (broad SMARTS) is 2. The average molecular weight is 292 g/mol. The first-order chi connectivity index (χ1) is 8.82. The van der Waals surface area contributed by atoms with Crippen LogP contribution < -0.4 is 16.4 Å². The second kappa shape index (κ2) is 9.03. The maximum Gasteiger partial charge on any atom is 0.327 e. The summed E-state index contributed by atoms with van der Waals surface area (Å²) in [6, 6.07) is -1.06. The Balaban J connectivity index is 4.04. The molecule has 0 rings (SSSR count). The van der Waals surface area contributed by atoms with Crippen LogP contribution in [0.25, 0.3) is 0 Å². The molecule has 6 N–H and O–H groups in total. The lowest BCUT2D eigenvalue weighted by Crippen LogP contribution is -2.41. The van der Waals surface area contributed by atoms with Crippen LogP contribution in [0.4, 0.5) is 0 Å². The second-order valence-electron chi connectivity index (χ2n) is 3.43. The number of carboxylic acids is 2. The Morgan fingerprint density at radius 2 is 2.00 bits per heavy atom. The molecule has 108 valence electrons. The van der Waals surface area contributed by atoms with Crippen LogP contribution in [0.5, 0.6) is 0 Å². The molecule has 0 aromatic carbocycles. The maximum absolute atomic E-state index is 10.8. The highest BCUT2D eigenvalue weighted by Gasteiger charge is 2.18. The van der Waals surface area contributed by atoms with E-state index in [1.165, 1.54) is 6.92 Å². The Kier molecular flexibility index (Phi) is 8.09. The third-order valence-electron chi connectivity index (χ3n) is 1.72. The third-order valence-corrected chi connectivity index (χ3v) is 2.53. The quantitative estimate of drug-likeness (QED) is 0.208. The summed E-state index contributed by atoms with van der Waals surface area (Å²) in [6.45, 7) is 1.34. The molecule has 0 heterocycles. The van der Waals surface area contributed by atoms with Gasteiger partial charge in [0.25, 0.3) is 0 Å². The molecule has 0 saturated carbocycles. The van der Waals surface area contributed by atoms with Crippen molar-refractivity contribution in [1.82, 2.24) is 10.6 Å². The van der Waals surface area contributed by atoms with Crippen LogP contribution in [-0.4, -0.2) is 52.4 Å². The molecule has 9 nitrogen and oxygen atoms in total. The number of guanidine groups is 1. The summed E-state index contributed by atoms with van der Waals surface area (Å²) in [5.74, 6) is -2.58. The summed E-state index contributed by atoms with van der Waals surface area (Å²) in [5.41, 5.74) is 5.41. The minimum atomic E-state index is -1.17. The number of carbonyl (C=O) groups is 3. The fraction of sp³-hybridized carbons (Fsp3) is 0.556. The van der Waals surface area contributed by atoms with E-state index in [-0.39, 0.29) is 24.7 Å². The molecule has 0 unspecified atom stereocenters. The Hall–Kier alpha value is -1.97. The molecule has 0 saturated heterocycles. The van der Waals surface area contributed by atoms with Crippen molar-refractivity contribution in [1.29, 1.82) is 0 Å². The van der Waals surface area contributed by atoms with Crippen LogP contribution in [-0.2, 0) is 14.4 Å². The number of amides is 1. The maximum atomic E-state index is 10.8. The Morgan fingerprint density at radius 1 is 1.37 bits per heavy atom. The zero-order chi connectivity index (χ0) is 14.8. The predicted octanol–water partition coefficient (Wildman–Crippen LogP) is -1.40. The predicted molar refractivity (Wildman–Crippen MR) is 69.6 cm³/mol. The van der Waals surface area contributed by atoms with Gasteiger partial charge < -0.3 is 26.6 Å². The van der Waals surface area contributed by atoms with Crippen molar-refractivity contribution in [2.24, 2.45) is 10.1 Å². The summed E-state index contributed by atoms with van der Waals surface area (Å²) in [4.78, 5) is 31.7. The number of aliphatic carboxylic acids is 2. The zero-order valence-electron chi connectivity index (χ0n) is 10.3. The Morgan fingerprint density at radius 3 is 2.47 bits per heavy atom. The second-order valence-corrected chi connectivity index (χ2v) is 4.21. The lowest BCUT2D eigenvalue weighted by Gasteiger charge is -2.11. The minimum absolute atomic E-state index is 0.00165. The molecule has 0 fully saturated rings. The molecule has 10 heteroatoms. The van der Waals surface area contributed by atoms with E-state index in [0.717, 1.165) is 11.9 Å². The van der Waals surface area contributed by atoms with Gasteiger partial charge in [-0.1, -0.05) is 0 Å². The van der Waals surface area contributed by atoms with E-state index in [1.807, 2.05) is 0 Å². The summed E-state index contributed by atoms with van der Waals surface area (Å²) >= 11 is 0.856. The number of rotatable bonds is 8. The highest BCUT2D eigenvalue weighted by Crippen LogP contribution is 2.04. The van der Waals surface area contributed by atoms with E-state index in [4.69, 9.17) is 15.9 Å². The van der Waals surface area contributed by atoms with E-state index in [9.17, 15) is 14.4 Å². The van der Waals surface area contributed by atoms with Crippen LogP contribution in [0, 0.1) is 0 Å². The minimum Gasteiger partial charge on any atom is -0.481 e. The van der Waals surface area contributed by atoms with Gasteiger partial charge in [0.15, 0.2) is 5.96 Å². The number of hydrogen-bond donors (Lipinski definition) is 5.